The Morgan fingerprint density at radius 2 is 1.03 bits per heavy atom. The van der Waals surface area contributed by atoms with Crippen LogP contribution in [0.3, 0.4) is 0 Å². The molecule has 1 amide bonds. The number of nitrogens with one attached hydrogen (secondary N) is 1. The third kappa shape index (κ3) is 18.2. The molecular weight excluding hydrogens is 374 g/mol. The third-order valence-electron chi connectivity index (χ3n) is 4.73. The van der Waals surface area contributed by atoms with E-state index >= 15 is 0 Å². The molecule has 0 aliphatic carbocycles. The largest absolute Gasteiger partial charge is 0.437 e. The van der Waals surface area contributed by atoms with Gasteiger partial charge in [-0.2, -0.15) is 0 Å². The van der Waals surface area contributed by atoms with Crippen LogP contribution >= 0.6 is 0 Å². The molecule has 0 aromatic carbocycles. The Kier molecular flexibility index (Phi) is 20.9. The highest BCUT2D eigenvalue weighted by atomic mass is 16.5. The average Bonchev–Trinajstić information content (AvgIpc) is 2.61. The third-order valence-corrected chi connectivity index (χ3v) is 4.73. The molecule has 4 heteroatoms. The van der Waals surface area contributed by atoms with Crippen molar-refractivity contribution in [2.24, 2.45) is 35.5 Å². The minimum absolute atomic E-state index is 0.440. The van der Waals surface area contributed by atoms with Gasteiger partial charge in [0.2, 0.25) is 6.41 Å². The molecule has 0 rings (SSSR count). The number of rotatable bonds is 10. The first-order valence-electron chi connectivity index (χ1n) is 11.1. The van der Waals surface area contributed by atoms with Gasteiger partial charge >= 0.3 is 0 Å². The maximum Gasteiger partial charge on any atom is 0.297 e. The maximum absolute atomic E-state index is 10.00. The van der Waals surface area contributed by atoms with Gasteiger partial charge in [0.1, 0.15) is 0 Å². The van der Waals surface area contributed by atoms with Crippen LogP contribution < -0.4 is 5.32 Å². The SMILES string of the molecule is C=C(C(C)C)C(C)C.CC(C)C(=CNC=O)C(C)C.CC(C)C(=COC=O)C(C)C. The summed E-state index contributed by atoms with van der Waals surface area (Å²) in [6, 6.07) is 0. The molecule has 4 nitrogen and oxygen atoms in total. The molecule has 30 heavy (non-hydrogen) atoms. The zero-order chi connectivity index (χ0) is 24.4. The van der Waals surface area contributed by atoms with Crippen LogP contribution in [0.25, 0.3) is 0 Å². The Morgan fingerprint density at radius 1 is 0.667 bits per heavy atom. The van der Waals surface area contributed by atoms with Crippen molar-refractivity contribution >= 4 is 12.9 Å². The number of allylic oxidation sites excluding steroid dienone is 3. The van der Waals surface area contributed by atoms with Gasteiger partial charge in [0.15, 0.2) is 0 Å². The van der Waals surface area contributed by atoms with Gasteiger partial charge in [-0.15, -0.1) is 0 Å². The Labute approximate surface area is 187 Å². The summed E-state index contributed by atoms with van der Waals surface area (Å²) in [5.74, 6) is 3.18. The molecule has 0 spiro atoms. The lowest BCUT2D eigenvalue weighted by molar-refractivity contribution is -0.123. The minimum Gasteiger partial charge on any atom is -0.437 e. The van der Waals surface area contributed by atoms with E-state index in [1.54, 1.807) is 12.5 Å². The molecular formula is C26H49NO3. The number of ether oxygens (including phenoxy) is 1. The molecule has 0 aliphatic rings. The zero-order valence-electron chi connectivity index (χ0n) is 21.7. The van der Waals surface area contributed by atoms with Gasteiger partial charge in [-0.05, 0) is 46.7 Å². The summed E-state index contributed by atoms with van der Waals surface area (Å²) in [6.45, 7) is 30.0. The normalized spacial score (nSPS) is 10.2. The molecule has 0 saturated heterocycles. The van der Waals surface area contributed by atoms with Gasteiger partial charge in [0, 0.05) is 6.20 Å². The standard InChI is InChI=1S/C9H17NO.C9H16O2.C8H16/c1-7(2)9(8(3)4)5-10-6-11;1-7(2)9(8(3)4)5-11-6-10;1-6(2)8(5)7(3)4/h5-8H,1-4H3,(H,10,11);5-8H,1-4H3;6-7H,5H2,1-4H3. The molecule has 0 saturated carbocycles. The first kappa shape index (κ1) is 32.8. The highest BCUT2D eigenvalue weighted by Gasteiger charge is 2.08. The van der Waals surface area contributed by atoms with Gasteiger partial charge in [-0.25, -0.2) is 0 Å². The lowest BCUT2D eigenvalue weighted by Crippen LogP contribution is -2.09. The van der Waals surface area contributed by atoms with Gasteiger partial charge < -0.3 is 10.1 Å². The van der Waals surface area contributed by atoms with Crippen molar-refractivity contribution in [3.8, 4) is 0 Å². The summed E-state index contributed by atoms with van der Waals surface area (Å²) in [5, 5.41) is 2.57. The summed E-state index contributed by atoms with van der Waals surface area (Å²) in [6.07, 6.45) is 4.04. The van der Waals surface area contributed by atoms with E-state index in [1.807, 2.05) is 0 Å². The molecule has 1 N–H and O–H groups in total. The number of amides is 1. The van der Waals surface area contributed by atoms with Crippen LogP contribution in [-0.4, -0.2) is 12.9 Å². The quantitative estimate of drug-likeness (QED) is 0.231. The van der Waals surface area contributed by atoms with E-state index < -0.39 is 0 Å². The van der Waals surface area contributed by atoms with Crippen molar-refractivity contribution in [1.29, 1.82) is 0 Å². The van der Waals surface area contributed by atoms with Crippen LogP contribution in [-0.2, 0) is 14.3 Å². The van der Waals surface area contributed by atoms with Gasteiger partial charge in [0.25, 0.3) is 6.47 Å². The summed E-state index contributed by atoms with van der Waals surface area (Å²) >= 11 is 0. The van der Waals surface area contributed by atoms with Crippen LogP contribution in [0.2, 0.25) is 0 Å². The van der Waals surface area contributed by atoms with Crippen LogP contribution in [0.5, 0.6) is 0 Å². The molecule has 0 fully saturated rings. The predicted octanol–water partition coefficient (Wildman–Crippen LogP) is 7.14. The lowest BCUT2D eigenvalue weighted by atomic mass is 9.94. The van der Waals surface area contributed by atoms with E-state index in [2.05, 4.69) is 99.7 Å². The fourth-order valence-electron chi connectivity index (χ4n) is 2.84. The van der Waals surface area contributed by atoms with Crippen molar-refractivity contribution in [2.75, 3.05) is 0 Å². The molecule has 0 bridgehead atoms. The van der Waals surface area contributed by atoms with E-state index in [9.17, 15) is 9.59 Å². The second-order valence-electron chi connectivity index (χ2n) is 9.28. The molecule has 0 heterocycles. The van der Waals surface area contributed by atoms with Crippen molar-refractivity contribution in [3.05, 3.63) is 35.8 Å². The van der Waals surface area contributed by atoms with Crippen molar-refractivity contribution in [1.82, 2.24) is 5.32 Å². The molecule has 176 valence electrons. The van der Waals surface area contributed by atoms with E-state index in [1.165, 1.54) is 11.1 Å². The molecule has 0 radical (unpaired) electrons. The van der Waals surface area contributed by atoms with Crippen LogP contribution in [0, 0.1) is 35.5 Å². The smallest absolute Gasteiger partial charge is 0.297 e. The van der Waals surface area contributed by atoms with Gasteiger partial charge in [-0.3, -0.25) is 9.59 Å². The topological polar surface area (TPSA) is 55.4 Å². The Hall–Kier alpha value is -1.84. The molecule has 0 aromatic heterocycles. The Morgan fingerprint density at radius 3 is 1.23 bits per heavy atom. The fraction of sp³-hybridized carbons (Fsp3) is 0.692. The molecule has 0 unspecified atom stereocenters. The summed E-state index contributed by atoms with van der Waals surface area (Å²) in [5.41, 5.74) is 3.79. The predicted molar refractivity (Wildman–Crippen MR) is 131 cm³/mol. The van der Waals surface area contributed by atoms with E-state index in [4.69, 9.17) is 0 Å². The molecule has 0 aliphatic heterocycles. The zero-order valence-corrected chi connectivity index (χ0v) is 21.7. The van der Waals surface area contributed by atoms with Crippen molar-refractivity contribution < 1.29 is 14.3 Å². The number of carbonyl (C=O) groups is 2. The molecule has 0 aromatic rings. The highest BCUT2D eigenvalue weighted by Crippen LogP contribution is 2.19. The maximum atomic E-state index is 10.00. The van der Waals surface area contributed by atoms with E-state index in [0.717, 1.165) is 5.57 Å². The Bertz CT molecular complexity index is 458. The fourth-order valence-corrected chi connectivity index (χ4v) is 2.84. The lowest BCUT2D eigenvalue weighted by Gasteiger charge is -2.14. The first-order valence-corrected chi connectivity index (χ1v) is 11.1. The van der Waals surface area contributed by atoms with Crippen LogP contribution in [0.4, 0.5) is 0 Å². The van der Waals surface area contributed by atoms with E-state index in [-0.39, 0.29) is 0 Å². The second-order valence-corrected chi connectivity index (χ2v) is 9.28. The summed E-state index contributed by atoms with van der Waals surface area (Å²) in [7, 11) is 0. The van der Waals surface area contributed by atoms with Gasteiger partial charge in [-0.1, -0.05) is 95.2 Å². The monoisotopic (exact) mass is 423 g/mol. The highest BCUT2D eigenvalue weighted by molar-refractivity contribution is 5.48. The van der Waals surface area contributed by atoms with Crippen LogP contribution in [0.15, 0.2) is 35.8 Å². The Balaban J connectivity index is -0.000000370. The second kappa shape index (κ2) is 19.1. The molecule has 0 atom stereocenters. The summed E-state index contributed by atoms with van der Waals surface area (Å²) < 4.78 is 4.58. The van der Waals surface area contributed by atoms with E-state index in [0.29, 0.717) is 48.4 Å². The number of hydrogen-bond donors (Lipinski definition) is 1. The van der Waals surface area contributed by atoms with Crippen molar-refractivity contribution in [2.45, 2.75) is 83.1 Å². The van der Waals surface area contributed by atoms with Crippen molar-refractivity contribution in [3.63, 3.8) is 0 Å². The average molecular weight is 424 g/mol. The summed E-state index contributed by atoms with van der Waals surface area (Å²) in [4.78, 5) is 19.9. The number of carbonyl (C=O) groups excluding carboxylic acids is 2. The number of hydrogen-bond acceptors (Lipinski definition) is 3. The minimum atomic E-state index is 0.440. The first-order chi connectivity index (χ1) is 13.7. The van der Waals surface area contributed by atoms with Gasteiger partial charge in [0.05, 0.1) is 6.26 Å². The van der Waals surface area contributed by atoms with Crippen LogP contribution in [0.1, 0.15) is 83.1 Å².